The molecule has 0 fully saturated rings. The summed E-state index contributed by atoms with van der Waals surface area (Å²) in [6.45, 7) is 3.76. The second-order valence-electron chi connectivity index (χ2n) is 6.22. The molecule has 0 aromatic heterocycles. The number of carbonyl (C=O) groups is 2. The lowest BCUT2D eigenvalue weighted by Crippen LogP contribution is -2.39. The van der Waals surface area contributed by atoms with Gasteiger partial charge in [0.25, 0.3) is 0 Å². The third kappa shape index (κ3) is 5.48. The average molecular weight is 345 g/mol. The number of nitrogens with one attached hydrogen (secondary N) is 3. The van der Waals surface area contributed by atoms with Crippen molar-refractivity contribution >= 4 is 23.5 Å². The lowest BCUT2D eigenvalue weighted by molar-refractivity contribution is -0.128. The van der Waals surface area contributed by atoms with Gasteiger partial charge in [-0.1, -0.05) is 18.2 Å². The van der Waals surface area contributed by atoms with Crippen molar-refractivity contribution < 1.29 is 9.59 Å². The Morgan fingerprint density at radius 2 is 2.08 bits per heavy atom. The van der Waals surface area contributed by atoms with E-state index in [4.69, 9.17) is 0 Å². The minimum Gasteiger partial charge on any atom is -0.357 e. The highest BCUT2D eigenvalue weighted by atomic mass is 16.2. The van der Waals surface area contributed by atoms with Gasteiger partial charge in [-0.15, -0.1) is 0 Å². The summed E-state index contributed by atoms with van der Waals surface area (Å²) in [4.78, 5) is 29.7. The first-order valence-electron chi connectivity index (χ1n) is 8.62. The van der Waals surface area contributed by atoms with Crippen LogP contribution in [0, 0.1) is 0 Å². The maximum absolute atomic E-state index is 11.9. The first-order chi connectivity index (χ1) is 12.0. The fraction of sp³-hybridized carbons (Fsp3) is 0.500. The van der Waals surface area contributed by atoms with Gasteiger partial charge < -0.3 is 20.9 Å². The van der Waals surface area contributed by atoms with Crippen LogP contribution in [0.25, 0.3) is 0 Å². The van der Waals surface area contributed by atoms with E-state index >= 15 is 0 Å². The first kappa shape index (κ1) is 18.8. The molecule has 1 atom stereocenters. The number of hydrogen-bond acceptors (Lipinski definition) is 3. The number of benzene rings is 1. The van der Waals surface area contributed by atoms with Gasteiger partial charge >= 0.3 is 0 Å². The van der Waals surface area contributed by atoms with Crippen molar-refractivity contribution in [1.29, 1.82) is 0 Å². The van der Waals surface area contributed by atoms with E-state index in [9.17, 15) is 9.59 Å². The van der Waals surface area contributed by atoms with Crippen LogP contribution in [0.2, 0.25) is 0 Å². The zero-order chi connectivity index (χ0) is 18.2. The van der Waals surface area contributed by atoms with Crippen LogP contribution in [0.1, 0.15) is 31.2 Å². The number of carbonyl (C=O) groups excluding carboxylic acids is 2. The van der Waals surface area contributed by atoms with Crippen molar-refractivity contribution in [2.24, 2.45) is 4.99 Å². The van der Waals surface area contributed by atoms with Gasteiger partial charge in [0.05, 0.1) is 6.54 Å². The molecule has 0 saturated heterocycles. The number of fused-ring (bicyclic) bond motifs is 1. The van der Waals surface area contributed by atoms with Gasteiger partial charge in [-0.3, -0.25) is 14.6 Å². The molecule has 1 aliphatic heterocycles. The minimum absolute atomic E-state index is 0.0217. The van der Waals surface area contributed by atoms with Crippen LogP contribution in [-0.4, -0.2) is 56.4 Å². The lowest BCUT2D eigenvalue weighted by Gasteiger charge is -2.24. The predicted molar refractivity (Wildman–Crippen MR) is 99.7 cm³/mol. The van der Waals surface area contributed by atoms with E-state index in [0.717, 1.165) is 17.8 Å². The number of nitrogens with zero attached hydrogens (tertiary/aromatic N) is 2. The normalized spacial score (nSPS) is 16.7. The molecule has 7 heteroatoms. The Labute approximate surface area is 148 Å². The number of aliphatic imine (C=N–C) groups is 1. The topological polar surface area (TPSA) is 85.8 Å². The molecular weight excluding hydrogens is 318 g/mol. The Morgan fingerprint density at radius 3 is 2.80 bits per heavy atom. The van der Waals surface area contributed by atoms with E-state index in [1.807, 2.05) is 31.2 Å². The Morgan fingerprint density at radius 1 is 1.32 bits per heavy atom. The monoisotopic (exact) mass is 345 g/mol. The Hall–Kier alpha value is -2.57. The maximum atomic E-state index is 11.9. The fourth-order valence-electron chi connectivity index (χ4n) is 2.72. The van der Waals surface area contributed by atoms with Gasteiger partial charge in [0.1, 0.15) is 0 Å². The van der Waals surface area contributed by atoms with Gasteiger partial charge in [-0.05, 0) is 18.6 Å². The van der Waals surface area contributed by atoms with Crippen molar-refractivity contribution in [2.75, 3.05) is 39.0 Å². The van der Waals surface area contributed by atoms with E-state index in [1.165, 1.54) is 0 Å². The molecule has 1 unspecified atom stereocenters. The number of hydrogen-bond donors (Lipinski definition) is 3. The summed E-state index contributed by atoms with van der Waals surface area (Å²) in [5, 5.41) is 9.24. The van der Waals surface area contributed by atoms with Gasteiger partial charge in [0.15, 0.2) is 5.96 Å². The van der Waals surface area contributed by atoms with Crippen LogP contribution < -0.4 is 16.0 Å². The van der Waals surface area contributed by atoms with Crippen LogP contribution in [-0.2, 0) is 9.59 Å². The van der Waals surface area contributed by atoms with Crippen molar-refractivity contribution in [3.63, 3.8) is 0 Å². The summed E-state index contributed by atoms with van der Waals surface area (Å²) in [5.41, 5.74) is 1.98. The van der Waals surface area contributed by atoms with Crippen LogP contribution in [0.5, 0.6) is 0 Å². The third-order valence-corrected chi connectivity index (χ3v) is 4.05. The van der Waals surface area contributed by atoms with Gasteiger partial charge in [0.2, 0.25) is 11.8 Å². The number of para-hydroxylation sites is 1. The van der Waals surface area contributed by atoms with E-state index in [2.05, 4.69) is 20.9 Å². The third-order valence-electron chi connectivity index (χ3n) is 4.05. The van der Waals surface area contributed by atoms with Crippen molar-refractivity contribution in [1.82, 2.24) is 15.5 Å². The van der Waals surface area contributed by atoms with Gasteiger partial charge in [-0.25, -0.2) is 0 Å². The second-order valence-corrected chi connectivity index (χ2v) is 6.22. The molecule has 0 aliphatic carbocycles. The molecule has 136 valence electrons. The van der Waals surface area contributed by atoms with Crippen LogP contribution in [0.15, 0.2) is 29.3 Å². The molecule has 0 saturated carbocycles. The molecule has 0 bridgehead atoms. The molecule has 25 heavy (non-hydrogen) atoms. The Bertz CT molecular complexity index is 642. The summed E-state index contributed by atoms with van der Waals surface area (Å²) < 4.78 is 0. The maximum Gasteiger partial charge on any atom is 0.225 e. The summed E-state index contributed by atoms with van der Waals surface area (Å²) in [6.07, 6.45) is 0.838. The van der Waals surface area contributed by atoms with Crippen LogP contribution in [0.4, 0.5) is 5.69 Å². The molecule has 3 N–H and O–H groups in total. The number of guanidine groups is 1. The van der Waals surface area contributed by atoms with Crippen molar-refractivity contribution in [2.45, 2.75) is 25.7 Å². The summed E-state index contributed by atoms with van der Waals surface area (Å²) >= 11 is 0. The fourth-order valence-corrected chi connectivity index (χ4v) is 2.72. The highest BCUT2D eigenvalue weighted by Crippen LogP contribution is 2.31. The van der Waals surface area contributed by atoms with Crippen molar-refractivity contribution in [3.8, 4) is 0 Å². The van der Waals surface area contributed by atoms with E-state index in [-0.39, 0.29) is 17.7 Å². The highest BCUT2D eigenvalue weighted by Gasteiger charge is 2.24. The molecule has 2 rings (SSSR count). The summed E-state index contributed by atoms with van der Waals surface area (Å²) in [5.74, 6) is 0.816. The number of anilines is 1. The lowest BCUT2D eigenvalue weighted by atomic mass is 9.91. The molecule has 0 radical (unpaired) electrons. The SMILES string of the molecule is CCNC(=NCC1CC(=O)Nc2ccccc21)NCCC(=O)N(C)C. The Kier molecular flexibility index (Phi) is 6.80. The number of amides is 2. The molecule has 1 aromatic rings. The molecular formula is C18H27N5O2. The zero-order valence-corrected chi connectivity index (χ0v) is 15.1. The first-order valence-corrected chi connectivity index (χ1v) is 8.62. The summed E-state index contributed by atoms with van der Waals surface area (Å²) in [6, 6.07) is 7.84. The number of rotatable bonds is 6. The molecule has 2 amide bonds. The largest absolute Gasteiger partial charge is 0.357 e. The van der Waals surface area contributed by atoms with Crippen molar-refractivity contribution in [3.05, 3.63) is 29.8 Å². The average Bonchev–Trinajstić information content (AvgIpc) is 2.58. The second kappa shape index (κ2) is 9.05. The standard InChI is InChI=1S/C18H27N5O2/c1-4-19-18(20-10-9-17(25)23(2)3)21-12-13-11-16(24)22-15-8-6-5-7-14(13)15/h5-8,13H,4,9-12H2,1-3H3,(H,22,24)(H2,19,20,21). The van der Waals surface area contributed by atoms with Gasteiger partial charge in [0, 0.05) is 51.6 Å². The van der Waals surface area contributed by atoms with E-state index in [1.54, 1.807) is 19.0 Å². The summed E-state index contributed by atoms with van der Waals surface area (Å²) in [7, 11) is 3.49. The highest BCUT2D eigenvalue weighted by molar-refractivity contribution is 5.94. The van der Waals surface area contributed by atoms with Gasteiger partial charge in [-0.2, -0.15) is 0 Å². The quantitative estimate of drug-likeness (QED) is 0.533. The zero-order valence-electron chi connectivity index (χ0n) is 15.1. The van der Waals surface area contributed by atoms with E-state index < -0.39 is 0 Å². The molecule has 0 spiro atoms. The van der Waals surface area contributed by atoms with Crippen LogP contribution in [0.3, 0.4) is 0 Å². The Balaban J connectivity index is 1.98. The molecule has 1 heterocycles. The smallest absolute Gasteiger partial charge is 0.225 e. The predicted octanol–water partition coefficient (Wildman–Crippen LogP) is 1.15. The molecule has 7 nitrogen and oxygen atoms in total. The molecule has 1 aliphatic rings. The minimum atomic E-state index is 0.0217. The molecule has 1 aromatic carbocycles. The van der Waals surface area contributed by atoms with E-state index in [0.29, 0.717) is 31.9 Å². The van der Waals surface area contributed by atoms with Crippen LogP contribution >= 0.6 is 0 Å².